The molecular formula is C25H25NO5. The van der Waals surface area contributed by atoms with Crippen LogP contribution in [0.4, 0.5) is 11.4 Å². The minimum Gasteiger partial charge on any atom is -0.493 e. The van der Waals surface area contributed by atoms with Gasteiger partial charge in [0.2, 0.25) is 0 Å². The number of benzene rings is 3. The zero-order valence-electron chi connectivity index (χ0n) is 17.7. The van der Waals surface area contributed by atoms with Gasteiger partial charge in [-0.15, -0.1) is 0 Å². The molecule has 0 heterocycles. The first-order chi connectivity index (χ1) is 14.9. The van der Waals surface area contributed by atoms with E-state index in [2.05, 4.69) is 0 Å². The second-order valence-electron chi connectivity index (χ2n) is 7.24. The zero-order valence-corrected chi connectivity index (χ0v) is 17.7. The summed E-state index contributed by atoms with van der Waals surface area (Å²) in [4.78, 5) is 25.5. The van der Waals surface area contributed by atoms with Crippen LogP contribution in [-0.2, 0) is 4.79 Å². The predicted molar refractivity (Wildman–Crippen MR) is 120 cm³/mol. The molecule has 0 aliphatic rings. The molecular weight excluding hydrogens is 394 g/mol. The molecule has 1 unspecified atom stereocenters. The number of carboxylic acid groups (broad SMARTS) is 1. The van der Waals surface area contributed by atoms with Gasteiger partial charge in [0.25, 0.3) is 0 Å². The van der Waals surface area contributed by atoms with Gasteiger partial charge in [-0.3, -0.25) is 4.79 Å². The van der Waals surface area contributed by atoms with Crippen molar-refractivity contribution < 1.29 is 24.2 Å². The highest BCUT2D eigenvalue weighted by atomic mass is 16.6. The molecule has 0 amide bonds. The Morgan fingerprint density at radius 2 is 1.65 bits per heavy atom. The molecule has 0 aromatic heterocycles. The van der Waals surface area contributed by atoms with Crippen LogP contribution < -0.4 is 14.4 Å². The molecule has 3 rings (SSSR count). The van der Waals surface area contributed by atoms with Crippen LogP contribution in [0.25, 0.3) is 0 Å². The number of anilines is 2. The maximum absolute atomic E-state index is 12.5. The zero-order chi connectivity index (χ0) is 22.4. The number of nitrogens with zero attached hydrogens (tertiary/aromatic N) is 1. The van der Waals surface area contributed by atoms with E-state index >= 15 is 0 Å². The van der Waals surface area contributed by atoms with Crippen molar-refractivity contribution in [1.82, 2.24) is 0 Å². The van der Waals surface area contributed by atoms with Gasteiger partial charge in [0.05, 0.1) is 19.1 Å². The first-order valence-electron chi connectivity index (χ1n) is 9.89. The second-order valence-corrected chi connectivity index (χ2v) is 7.24. The summed E-state index contributed by atoms with van der Waals surface area (Å²) >= 11 is 0. The van der Waals surface area contributed by atoms with Crippen LogP contribution >= 0.6 is 0 Å². The van der Waals surface area contributed by atoms with E-state index in [0.29, 0.717) is 17.2 Å². The molecule has 3 aromatic carbocycles. The number of carbonyl (C=O) groups is 2. The fourth-order valence-corrected chi connectivity index (χ4v) is 3.26. The fourth-order valence-electron chi connectivity index (χ4n) is 3.26. The largest absolute Gasteiger partial charge is 0.493 e. The third-order valence-electron chi connectivity index (χ3n) is 5.08. The first kappa shape index (κ1) is 21.9. The molecule has 6 heteroatoms. The molecule has 160 valence electrons. The predicted octanol–water partition coefficient (Wildman–Crippen LogP) is 5.26. The molecule has 0 spiro atoms. The second kappa shape index (κ2) is 9.80. The maximum Gasteiger partial charge on any atom is 0.335 e. The summed E-state index contributed by atoms with van der Waals surface area (Å²) in [5.41, 5.74) is 2.75. The van der Waals surface area contributed by atoms with Gasteiger partial charge < -0.3 is 19.5 Å². The Bertz CT molecular complexity index is 1060. The summed E-state index contributed by atoms with van der Waals surface area (Å²) in [5, 5.41) is 9.21. The lowest BCUT2D eigenvalue weighted by molar-refractivity contribution is -0.134. The highest BCUT2D eigenvalue weighted by molar-refractivity contribution is 5.89. The standard InChI is InChI=1S/C25H25NO5/c1-17(18-8-5-4-6-9-18)14-24(27)31-22-13-12-21(16-23(22)30-3)26(2)20-11-7-10-19(15-20)25(28)29/h4-13,15-17H,14H2,1-3H3,(H,28,29). The number of hydrogen-bond donors (Lipinski definition) is 1. The Kier molecular flexibility index (Phi) is 6.92. The quantitative estimate of drug-likeness (QED) is 0.396. The number of carboxylic acids is 1. The van der Waals surface area contributed by atoms with E-state index in [4.69, 9.17) is 9.47 Å². The molecule has 0 radical (unpaired) electrons. The maximum atomic E-state index is 12.5. The van der Waals surface area contributed by atoms with Crippen molar-refractivity contribution in [1.29, 1.82) is 0 Å². The molecule has 6 nitrogen and oxygen atoms in total. The van der Waals surface area contributed by atoms with Crippen LogP contribution in [0.5, 0.6) is 11.5 Å². The van der Waals surface area contributed by atoms with Gasteiger partial charge in [-0.1, -0.05) is 43.3 Å². The highest BCUT2D eigenvalue weighted by Crippen LogP contribution is 2.35. The van der Waals surface area contributed by atoms with E-state index in [9.17, 15) is 14.7 Å². The number of methoxy groups -OCH3 is 1. The van der Waals surface area contributed by atoms with Crippen LogP contribution in [0, 0.1) is 0 Å². The van der Waals surface area contributed by atoms with Gasteiger partial charge in [0.1, 0.15) is 0 Å². The Morgan fingerprint density at radius 3 is 2.32 bits per heavy atom. The average molecular weight is 419 g/mol. The van der Waals surface area contributed by atoms with Crippen molar-refractivity contribution in [3.63, 3.8) is 0 Å². The topological polar surface area (TPSA) is 76.1 Å². The van der Waals surface area contributed by atoms with E-state index in [-0.39, 0.29) is 23.9 Å². The number of esters is 1. The highest BCUT2D eigenvalue weighted by Gasteiger charge is 2.17. The minimum atomic E-state index is -0.986. The average Bonchev–Trinajstić information content (AvgIpc) is 2.79. The SMILES string of the molecule is COc1cc(N(C)c2cccc(C(=O)O)c2)ccc1OC(=O)CC(C)c1ccccc1. The summed E-state index contributed by atoms with van der Waals surface area (Å²) in [6.07, 6.45) is 0.247. The molecule has 0 aliphatic heterocycles. The number of aromatic carboxylic acids is 1. The minimum absolute atomic E-state index is 0.0339. The summed E-state index contributed by atoms with van der Waals surface area (Å²) in [6, 6.07) is 21.7. The molecule has 0 saturated heterocycles. The normalized spacial score (nSPS) is 11.5. The van der Waals surface area contributed by atoms with E-state index in [1.165, 1.54) is 7.11 Å². The summed E-state index contributed by atoms with van der Waals surface area (Å²) in [5.74, 6) is -0.542. The molecule has 1 N–H and O–H groups in total. The van der Waals surface area contributed by atoms with Crippen molar-refractivity contribution in [2.24, 2.45) is 0 Å². The summed E-state index contributed by atoms with van der Waals surface area (Å²) < 4.78 is 11.0. The Balaban J connectivity index is 1.74. The Labute approximate surface area is 181 Å². The molecule has 31 heavy (non-hydrogen) atoms. The van der Waals surface area contributed by atoms with Crippen LogP contribution in [0.1, 0.15) is 35.2 Å². The third kappa shape index (κ3) is 5.42. The van der Waals surface area contributed by atoms with E-state index in [1.54, 1.807) is 36.4 Å². The summed E-state index contributed by atoms with van der Waals surface area (Å²) in [7, 11) is 3.33. The van der Waals surface area contributed by atoms with Crippen LogP contribution in [0.2, 0.25) is 0 Å². The molecule has 0 bridgehead atoms. The Hall–Kier alpha value is -3.80. The molecule has 0 saturated carbocycles. The fraction of sp³-hybridized carbons (Fsp3) is 0.200. The lowest BCUT2D eigenvalue weighted by Gasteiger charge is -2.21. The lowest BCUT2D eigenvalue weighted by atomic mass is 9.98. The van der Waals surface area contributed by atoms with E-state index in [1.807, 2.05) is 55.3 Å². The molecule has 0 aliphatic carbocycles. The molecule has 3 aromatic rings. The van der Waals surface area contributed by atoms with Crippen molar-refractivity contribution >= 4 is 23.3 Å². The van der Waals surface area contributed by atoms with Crippen LogP contribution in [-0.4, -0.2) is 31.2 Å². The van der Waals surface area contributed by atoms with Gasteiger partial charge >= 0.3 is 11.9 Å². The van der Waals surface area contributed by atoms with Crippen molar-refractivity contribution in [3.8, 4) is 11.5 Å². The van der Waals surface area contributed by atoms with Crippen LogP contribution in [0.15, 0.2) is 72.8 Å². The number of ether oxygens (including phenoxy) is 2. The van der Waals surface area contributed by atoms with Crippen molar-refractivity contribution in [2.75, 3.05) is 19.1 Å². The molecule has 1 atom stereocenters. The number of rotatable bonds is 8. The number of hydrogen-bond acceptors (Lipinski definition) is 5. The van der Waals surface area contributed by atoms with Gasteiger partial charge in [0, 0.05) is 24.5 Å². The van der Waals surface area contributed by atoms with Gasteiger partial charge in [-0.25, -0.2) is 4.79 Å². The van der Waals surface area contributed by atoms with Gasteiger partial charge in [-0.05, 0) is 41.8 Å². The van der Waals surface area contributed by atoms with Crippen molar-refractivity contribution in [3.05, 3.63) is 83.9 Å². The number of carbonyl (C=O) groups excluding carboxylic acids is 1. The lowest BCUT2D eigenvalue weighted by Crippen LogP contribution is -2.13. The first-order valence-corrected chi connectivity index (χ1v) is 9.89. The van der Waals surface area contributed by atoms with Gasteiger partial charge in [0.15, 0.2) is 11.5 Å². The smallest absolute Gasteiger partial charge is 0.335 e. The van der Waals surface area contributed by atoms with E-state index in [0.717, 1.165) is 11.3 Å². The Morgan fingerprint density at radius 1 is 0.935 bits per heavy atom. The monoisotopic (exact) mass is 419 g/mol. The van der Waals surface area contributed by atoms with Crippen LogP contribution in [0.3, 0.4) is 0 Å². The molecule has 0 fully saturated rings. The van der Waals surface area contributed by atoms with Gasteiger partial charge in [-0.2, -0.15) is 0 Å². The summed E-state index contributed by atoms with van der Waals surface area (Å²) in [6.45, 7) is 1.98. The third-order valence-corrected chi connectivity index (χ3v) is 5.08. The van der Waals surface area contributed by atoms with Crippen molar-refractivity contribution in [2.45, 2.75) is 19.3 Å². The van der Waals surface area contributed by atoms with E-state index < -0.39 is 5.97 Å².